The van der Waals surface area contributed by atoms with Crippen molar-refractivity contribution in [2.75, 3.05) is 4.90 Å². The molecular weight excluding hydrogens is 390 g/mol. The first kappa shape index (κ1) is 16.9. The third kappa shape index (κ3) is 2.62. The van der Waals surface area contributed by atoms with Crippen molar-refractivity contribution in [1.82, 2.24) is 0 Å². The van der Waals surface area contributed by atoms with Gasteiger partial charge in [0.15, 0.2) is 0 Å². The number of benzene rings is 4. The molecule has 0 bridgehead atoms. The van der Waals surface area contributed by atoms with Crippen LogP contribution in [0.25, 0.3) is 31.3 Å². The molecule has 1 aliphatic heterocycles. The summed E-state index contributed by atoms with van der Waals surface area (Å²) in [5, 5.41) is 2.68. The Balaban J connectivity index is 1.49. The van der Waals surface area contributed by atoms with E-state index in [0.717, 1.165) is 0 Å². The highest BCUT2D eigenvalue weighted by molar-refractivity contribution is 7.99. The highest BCUT2D eigenvalue weighted by Crippen LogP contribution is 2.49. The average Bonchev–Trinajstić information content (AvgIpc) is 3.15. The van der Waals surface area contributed by atoms with E-state index in [-0.39, 0.29) is 0 Å². The van der Waals surface area contributed by atoms with Gasteiger partial charge in [-0.25, -0.2) is 0 Å². The smallest absolute Gasteiger partial charge is 0.0601 e. The first-order valence-electron chi connectivity index (χ1n) is 9.56. The summed E-state index contributed by atoms with van der Waals surface area (Å²) in [6, 6.07) is 30.7. The Morgan fingerprint density at radius 3 is 2.31 bits per heavy atom. The van der Waals surface area contributed by atoms with Crippen LogP contribution in [0, 0.1) is 0 Å². The number of thiophene rings is 1. The molecule has 0 atom stereocenters. The highest BCUT2D eigenvalue weighted by atomic mass is 32.2. The number of nitrogens with zero attached hydrogens (tertiary/aromatic N) is 1. The molecule has 2 heterocycles. The lowest BCUT2D eigenvalue weighted by molar-refractivity contribution is 1.17. The second-order valence-electron chi connectivity index (χ2n) is 7.11. The summed E-state index contributed by atoms with van der Waals surface area (Å²) in [5.74, 6) is 0. The molecule has 0 radical (unpaired) electrons. The number of para-hydroxylation sites is 1. The predicted octanol–water partition coefficient (Wildman–Crippen LogP) is 8.47. The molecule has 0 N–H and O–H groups in total. The van der Waals surface area contributed by atoms with E-state index in [1.807, 2.05) is 29.3 Å². The third-order valence-corrected chi connectivity index (χ3v) is 7.72. The molecular formula is C26H17NS2. The zero-order chi connectivity index (χ0) is 19.4. The molecule has 6 rings (SSSR count). The monoisotopic (exact) mass is 407 g/mol. The van der Waals surface area contributed by atoms with E-state index >= 15 is 0 Å². The molecule has 5 aromatic rings. The Hall–Kier alpha value is -3.01. The van der Waals surface area contributed by atoms with Crippen molar-refractivity contribution >= 4 is 54.6 Å². The molecule has 0 aliphatic carbocycles. The van der Waals surface area contributed by atoms with Crippen LogP contribution in [0.15, 0.2) is 107 Å². The van der Waals surface area contributed by atoms with Gasteiger partial charge in [0.25, 0.3) is 0 Å². The Morgan fingerprint density at radius 1 is 0.655 bits per heavy atom. The quantitative estimate of drug-likeness (QED) is 0.289. The van der Waals surface area contributed by atoms with E-state index in [1.54, 1.807) is 0 Å². The van der Waals surface area contributed by atoms with Crippen LogP contribution in [-0.4, -0.2) is 0 Å². The lowest BCUT2D eigenvalue weighted by Gasteiger charge is -2.30. The van der Waals surface area contributed by atoms with Crippen LogP contribution < -0.4 is 4.90 Å². The summed E-state index contributed by atoms with van der Waals surface area (Å²) < 4.78 is 2.68. The van der Waals surface area contributed by atoms with Gasteiger partial charge in [0.1, 0.15) is 0 Å². The van der Waals surface area contributed by atoms with E-state index in [9.17, 15) is 0 Å². The van der Waals surface area contributed by atoms with Crippen LogP contribution in [0.5, 0.6) is 0 Å². The molecule has 0 fully saturated rings. The lowest BCUT2D eigenvalue weighted by atomic mass is 10.0. The number of hydrogen-bond acceptors (Lipinski definition) is 3. The van der Waals surface area contributed by atoms with Crippen LogP contribution in [0.3, 0.4) is 0 Å². The lowest BCUT2D eigenvalue weighted by Crippen LogP contribution is -2.13. The van der Waals surface area contributed by atoms with Crippen molar-refractivity contribution < 1.29 is 0 Å². The Labute approximate surface area is 177 Å². The van der Waals surface area contributed by atoms with E-state index < -0.39 is 0 Å². The van der Waals surface area contributed by atoms with Gasteiger partial charge < -0.3 is 4.90 Å². The zero-order valence-electron chi connectivity index (χ0n) is 15.6. The molecule has 3 heteroatoms. The standard InChI is InChI=1S/C26H17NS2/c1-2-27-21-8-4-6-10-24(21)29-25-14-12-17(15-22(25)27)18-11-13-20-19-7-3-5-9-23(19)28-26(20)16-18/h2-16H,1H2. The summed E-state index contributed by atoms with van der Waals surface area (Å²) >= 11 is 3.69. The predicted molar refractivity (Wildman–Crippen MR) is 128 cm³/mol. The Kier molecular flexibility index (Phi) is 3.80. The molecule has 1 aromatic heterocycles. The van der Waals surface area contributed by atoms with Gasteiger partial charge in [0.05, 0.1) is 11.4 Å². The maximum absolute atomic E-state index is 4.07. The Bertz CT molecular complexity index is 1410. The number of rotatable bonds is 2. The fourth-order valence-electron chi connectivity index (χ4n) is 4.06. The largest absolute Gasteiger partial charge is 0.315 e. The van der Waals surface area contributed by atoms with Gasteiger partial charge >= 0.3 is 0 Å². The fourth-order valence-corrected chi connectivity index (χ4v) is 6.26. The maximum Gasteiger partial charge on any atom is 0.0601 e. The summed E-state index contributed by atoms with van der Waals surface area (Å²) in [6.07, 6.45) is 1.91. The van der Waals surface area contributed by atoms with E-state index in [2.05, 4.69) is 96.4 Å². The van der Waals surface area contributed by atoms with Gasteiger partial charge in [0.2, 0.25) is 0 Å². The third-order valence-electron chi connectivity index (χ3n) is 5.46. The molecule has 0 saturated heterocycles. The first-order chi connectivity index (χ1) is 14.3. The van der Waals surface area contributed by atoms with Crippen molar-refractivity contribution in [2.24, 2.45) is 0 Å². The van der Waals surface area contributed by atoms with Crippen LogP contribution in [0.1, 0.15) is 0 Å². The normalized spacial score (nSPS) is 12.8. The van der Waals surface area contributed by atoms with Gasteiger partial charge in [-0.15, -0.1) is 11.3 Å². The summed E-state index contributed by atoms with van der Waals surface area (Å²) in [7, 11) is 0. The fraction of sp³-hybridized carbons (Fsp3) is 0. The van der Waals surface area contributed by atoms with Gasteiger partial charge in [-0.3, -0.25) is 0 Å². The van der Waals surface area contributed by atoms with E-state index in [0.29, 0.717) is 0 Å². The number of hydrogen-bond donors (Lipinski definition) is 0. The maximum atomic E-state index is 4.07. The molecule has 0 saturated carbocycles. The molecule has 138 valence electrons. The molecule has 29 heavy (non-hydrogen) atoms. The number of fused-ring (bicyclic) bond motifs is 5. The van der Waals surface area contributed by atoms with Gasteiger partial charge in [-0.1, -0.05) is 66.9 Å². The van der Waals surface area contributed by atoms with Crippen LogP contribution >= 0.6 is 23.1 Å². The molecule has 1 nitrogen and oxygen atoms in total. The second-order valence-corrected chi connectivity index (χ2v) is 9.28. The highest BCUT2D eigenvalue weighted by Gasteiger charge is 2.22. The topological polar surface area (TPSA) is 3.24 Å². The SMILES string of the molecule is C=CN1c2ccccc2Sc2ccc(-c3ccc4c(c3)sc3ccccc34)cc21. The van der Waals surface area contributed by atoms with E-state index in [1.165, 1.54) is 52.5 Å². The average molecular weight is 408 g/mol. The summed E-state index contributed by atoms with van der Waals surface area (Å²) in [6.45, 7) is 4.07. The number of anilines is 2. The van der Waals surface area contributed by atoms with Crippen LogP contribution in [0.2, 0.25) is 0 Å². The minimum absolute atomic E-state index is 1.19. The molecule has 1 aliphatic rings. The minimum Gasteiger partial charge on any atom is -0.315 e. The minimum atomic E-state index is 1.19. The van der Waals surface area contributed by atoms with Crippen molar-refractivity contribution in [3.8, 4) is 11.1 Å². The zero-order valence-corrected chi connectivity index (χ0v) is 17.3. The van der Waals surface area contributed by atoms with Gasteiger partial charge in [-0.2, -0.15) is 0 Å². The first-order valence-corrected chi connectivity index (χ1v) is 11.2. The van der Waals surface area contributed by atoms with Crippen molar-refractivity contribution in [3.05, 3.63) is 97.7 Å². The van der Waals surface area contributed by atoms with Crippen LogP contribution in [0.4, 0.5) is 11.4 Å². The van der Waals surface area contributed by atoms with Gasteiger partial charge in [-0.05, 0) is 47.5 Å². The Morgan fingerprint density at radius 2 is 1.38 bits per heavy atom. The van der Waals surface area contributed by atoms with Crippen LogP contribution in [-0.2, 0) is 0 Å². The molecule has 4 aromatic carbocycles. The van der Waals surface area contributed by atoms with Crippen molar-refractivity contribution in [2.45, 2.75) is 9.79 Å². The summed E-state index contributed by atoms with van der Waals surface area (Å²) in [4.78, 5) is 4.72. The molecule has 0 amide bonds. The summed E-state index contributed by atoms with van der Waals surface area (Å²) in [5.41, 5.74) is 4.87. The van der Waals surface area contributed by atoms with Crippen molar-refractivity contribution in [1.29, 1.82) is 0 Å². The van der Waals surface area contributed by atoms with E-state index in [4.69, 9.17) is 0 Å². The molecule has 0 unspecified atom stereocenters. The second kappa shape index (κ2) is 6.51. The van der Waals surface area contributed by atoms with Crippen molar-refractivity contribution in [3.63, 3.8) is 0 Å². The molecule has 0 spiro atoms. The van der Waals surface area contributed by atoms with Gasteiger partial charge in [0, 0.05) is 36.2 Å².